The first-order chi connectivity index (χ1) is 17.5. The third-order valence-corrected chi connectivity index (χ3v) is 7.24. The van der Waals surface area contributed by atoms with E-state index >= 15 is 0 Å². The lowest BCUT2D eigenvalue weighted by Gasteiger charge is -2.25. The number of thiophene rings is 1. The molecule has 0 amide bonds. The zero-order chi connectivity index (χ0) is 25.7. The normalized spacial score (nSPS) is 15.3. The molecule has 0 bridgehead atoms. The van der Waals surface area contributed by atoms with E-state index < -0.39 is 12.0 Å². The van der Waals surface area contributed by atoms with E-state index in [0.717, 1.165) is 4.88 Å². The second-order valence-corrected chi connectivity index (χ2v) is 9.72. The third kappa shape index (κ3) is 5.20. The molecule has 2 aromatic heterocycles. The number of carbonyl (C=O) groups excluding carboxylic acids is 1. The smallest absolute Gasteiger partial charge is 0.338 e. The molecule has 1 atom stereocenters. The fourth-order valence-corrected chi connectivity index (χ4v) is 5.59. The van der Waals surface area contributed by atoms with E-state index in [2.05, 4.69) is 11.6 Å². The molecule has 0 saturated carbocycles. The van der Waals surface area contributed by atoms with Crippen LogP contribution in [0.2, 0.25) is 0 Å². The van der Waals surface area contributed by atoms with Crippen LogP contribution in [-0.4, -0.2) is 44.6 Å². The second-order valence-electron chi connectivity index (χ2n) is 7.74. The molecule has 0 radical (unpaired) electrons. The number of fused-ring (bicyclic) bond motifs is 1. The van der Waals surface area contributed by atoms with Crippen molar-refractivity contribution in [2.45, 2.75) is 13.0 Å². The van der Waals surface area contributed by atoms with Crippen LogP contribution in [0.1, 0.15) is 23.4 Å². The van der Waals surface area contributed by atoms with Gasteiger partial charge in [-0.05, 0) is 42.1 Å². The average Bonchev–Trinajstić information content (AvgIpc) is 3.49. The van der Waals surface area contributed by atoms with Crippen molar-refractivity contribution < 1.29 is 23.7 Å². The molecule has 188 valence electrons. The predicted molar refractivity (Wildman–Crippen MR) is 140 cm³/mol. The molecule has 4 rings (SSSR count). The Morgan fingerprint density at radius 3 is 2.75 bits per heavy atom. The largest absolute Gasteiger partial charge is 0.493 e. The summed E-state index contributed by atoms with van der Waals surface area (Å²) >= 11 is 2.82. The van der Waals surface area contributed by atoms with E-state index in [9.17, 15) is 9.59 Å². The van der Waals surface area contributed by atoms with Crippen molar-refractivity contribution in [2.75, 3.05) is 34.0 Å². The van der Waals surface area contributed by atoms with Crippen molar-refractivity contribution in [2.24, 2.45) is 4.99 Å². The molecule has 0 aliphatic carbocycles. The van der Waals surface area contributed by atoms with Gasteiger partial charge in [-0.15, -0.1) is 11.3 Å². The van der Waals surface area contributed by atoms with Crippen LogP contribution in [0.3, 0.4) is 0 Å². The number of thiazole rings is 1. The maximum absolute atomic E-state index is 13.6. The number of nitrogens with zero attached hydrogens (tertiary/aromatic N) is 2. The molecule has 1 aliphatic heterocycles. The molecule has 0 N–H and O–H groups in total. The van der Waals surface area contributed by atoms with Crippen LogP contribution in [-0.2, 0) is 14.3 Å². The number of ether oxygens (including phenoxy) is 4. The van der Waals surface area contributed by atoms with Crippen molar-refractivity contribution in [1.29, 1.82) is 0 Å². The Balaban J connectivity index is 1.89. The minimum atomic E-state index is -0.760. The molecular weight excluding hydrogens is 500 g/mol. The van der Waals surface area contributed by atoms with Gasteiger partial charge in [-0.1, -0.05) is 36.1 Å². The maximum Gasteiger partial charge on any atom is 0.338 e. The zero-order valence-corrected chi connectivity index (χ0v) is 21.8. The van der Waals surface area contributed by atoms with Gasteiger partial charge in [0.05, 0.1) is 35.6 Å². The first kappa shape index (κ1) is 25.6. The molecular formula is C26H26N2O6S2. The van der Waals surface area contributed by atoms with Crippen molar-refractivity contribution in [3.63, 3.8) is 0 Å². The number of methoxy groups -OCH3 is 2. The summed E-state index contributed by atoms with van der Waals surface area (Å²) in [5, 5.41) is 1.95. The Kier molecular flexibility index (Phi) is 8.19. The van der Waals surface area contributed by atoms with Crippen molar-refractivity contribution in [1.82, 2.24) is 4.57 Å². The highest BCUT2D eigenvalue weighted by molar-refractivity contribution is 7.11. The standard InChI is InChI=1S/C26H26N2O6S2/c1-5-10-33-19-9-8-17(14-20(19)32-4)23-22(25(30)34-12-11-31-3)16(2)27-26-28(23)24(29)21(36-26)15-18-7-6-13-35-18/h5-9,13-15,23H,1,10-12H2,2-4H3. The highest BCUT2D eigenvalue weighted by Crippen LogP contribution is 2.36. The molecule has 0 spiro atoms. The van der Waals surface area contributed by atoms with E-state index in [0.29, 0.717) is 38.7 Å². The number of carbonyl (C=O) groups is 1. The number of aromatic nitrogens is 1. The Morgan fingerprint density at radius 1 is 1.22 bits per heavy atom. The van der Waals surface area contributed by atoms with E-state index in [1.807, 2.05) is 29.7 Å². The Hall–Kier alpha value is -3.47. The van der Waals surface area contributed by atoms with Gasteiger partial charge >= 0.3 is 5.97 Å². The molecule has 1 unspecified atom stereocenters. The minimum Gasteiger partial charge on any atom is -0.493 e. The van der Waals surface area contributed by atoms with Gasteiger partial charge in [-0.2, -0.15) is 0 Å². The Morgan fingerprint density at radius 2 is 2.06 bits per heavy atom. The number of rotatable bonds is 10. The average molecular weight is 527 g/mol. The monoisotopic (exact) mass is 526 g/mol. The lowest BCUT2D eigenvalue weighted by atomic mass is 9.95. The number of hydrogen-bond acceptors (Lipinski definition) is 9. The Labute approximate surface area is 216 Å². The molecule has 3 heterocycles. The van der Waals surface area contributed by atoms with Crippen molar-refractivity contribution in [3.05, 3.63) is 89.8 Å². The Bertz CT molecular complexity index is 1470. The van der Waals surface area contributed by atoms with Gasteiger partial charge in [0, 0.05) is 12.0 Å². The molecule has 8 nitrogen and oxygen atoms in total. The number of benzene rings is 1. The maximum atomic E-state index is 13.6. The number of esters is 1. The van der Waals surface area contributed by atoms with Gasteiger partial charge in [0.25, 0.3) is 5.56 Å². The molecule has 3 aromatic rings. The van der Waals surface area contributed by atoms with Crippen LogP contribution in [0, 0.1) is 0 Å². The summed E-state index contributed by atoms with van der Waals surface area (Å²) in [5.74, 6) is 0.435. The molecule has 1 aromatic carbocycles. The van der Waals surface area contributed by atoms with Crippen LogP contribution < -0.4 is 24.4 Å². The van der Waals surface area contributed by atoms with Crippen LogP contribution in [0.25, 0.3) is 6.08 Å². The van der Waals surface area contributed by atoms with Gasteiger partial charge in [-0.25, -0.2) is 9.79 Å². The summed E-state index contributed by atoms with van der Waals surface area (Å²) in [4.78, 5) is 32.9. The van der Waals surface area contributed by atoms with E-state index in [1.54, 1.807) is 29.7 Å². The lowest BCUT2D eigenvalue weighted by Crippen LogP contribution is -2.40. The first-order valence-electron chi connectivity index (χ1n) is 11.1. The van der Waals surface area contributed by atoms with Crippen molar-refractivity contribution >= 4 is 34.7 Å². The number of hydrogen-bond donors (Lipinski definition) is 0. The highest BCUT2D eigenvalue weighted by Gasteiger charge is 2.34. The van der Waals surface area contributed by atoms with Gasteiger partial charge in [-0.3, -0.25) is 9.36 Å². The van der Waals surface area contributed by atoms with Crippen LogP contribution >= 0.6 is 22.7 Å². The number of allylic oxidation sites excluding steroid dienone is 1. The van der Waals surface area contributed by atoms with Crippen LogP contribution in [0.15, 0.2) is 69.4 Å². The van der Waals surface area contributed by atoms with Gasteiger partial charge in [0.1, 0.15) is 13.2 Å². The van der Waals surface area contributed by atoms with Crippen LogP contribution in [0.5, 0.6) is 11.5 Å². The van der Waals surface area contributed by atoms with E-state index in [4.69, 9.17) is 18.9 Å². The molecule has 36 heavy (non-hydrogen) atoms. The minimum absolute atomic E-state index is 0.0826. The van der Waals surface area contributed by atoms with E-state index in [-0.39, 0.29) is 24.3 Å². The fraction of sp³-hybridized carbons (Fsp3) is 0.269. The molecule has 10 heteroatoms. The predicted octanol–water partition coefficient (Wildman–Crippen LogP) is 3.06. The quantitative estimate of drug-likeness (QED) is 0.229. The summed E-state index contributed by atoms with van der Waals surface area (Å²) in [6.45, 7) is 6.07. The first-order valence-corrected chi connectivity index (χ1v) is 12.8. The van der Waals surface area contributed by atoms with Crippen molar-refractivity contribution in [3.8, 4) is 11.5 Å². The summed E-state index contributed by atoms with van der Waals surface area (Å²) in [5.41, 5.74) is 1.19. The SMILES string of the molecule is C=CCOc1ccc(C2C(C(=O)OCCOC)=C(C)N=c3sc(=Cc4cccs4)c(=O)n32)cc1OC. The van der Waals surface area contributed by atoms with Gasteiger partial charge in [0.15, 0.2) is 16.3 Å². The van der Waals surface area contributed by atoms with Gasteiger partial charge in [0.2, 0.25) is 0 Å². The lowest BCUT2D eigenvalue weighted by molar-refractivity contribution is -0.140. The summed E-state index contributed by atoms with van der Waals surface area (Å²) < 4.78 is 23.8. The second kappa shape index (κ2) is 11.5. The highest BCUT2D eigenvalue weighted by atomic mass is 32.1. The zero-order valence-electron chi connectivity index (χ0n) is 20.2. The summed E-state index contributed by atoms with van der Waals surface area (Å²) in [6, 6.07) is 8.43. The summed E-state index contributed by atoms with van der Waals surface area (Å²) in [6.07, 6.45) is 3.48. The van der Waals surface area contributed by atoms with Gasteiger partial charge < -0.3 is 18.9 Å². The topological polar surface area (TPSA) is 88.4 Å². The summed E-state index contributed by atoms with van der Waals surface area (Å²) in [7, 11) is 3.07. The molecule has 0 fully saturated rings. The fourth-order valence-electron chi connectivity index (χ4n) is 3.82. The van der Waals surface area contributed by atoms with E-state index in [1.165, 1.54) is 36.9 Å². The molecule has 0 saturated heterocycles. The van der Waals surface area contributed by atoms with Crippen LogP contribution in [0.4, 0.5) is 0 Å². The molecule has 1 aliphatic rings. The third-order valence-electron chi connectivity index (χ3n) is 5.44.